The van der Waals surface area contributed by atoms with E-state index in [0.29, 0.717) is 24.8 Å². The van der Waals surface area contributed by atoms with Crippen LogP contribution in [0.1, 0.15) is 30.9 Å². The second kappa shape index (κ2) is 9.85. The Morgan fingerprint density at radius 3 is 2.82 bits per heavy atom. The zero-order chi connectivity index (χ0) is 23.5. The van der Waals surface area contributed by atoms with Gasteiger partial charge in [0.1, 0.15) is 6.10 Å². The van der Waals surface area contributed by atoms with Crippen LogP contribution in [0.3, 0.4) is 0 Å². The van der Waals surface area contributed by atoms with Gasteiger partial charge in [0.05, 0.1) is 24.5 Å². The van der Waals surface area contributed by atoms with Crippen LogP contribution >= 0.6 is 0 Å². The number of carbonyl (C=O) groups is 1. The molecule has 0 saturated carbocycles. The van der Waals surface area contributed by atoms with Crippen molar-refractivity contribution in [2.24, 2.45) is 13.0 Å². The van der Waals surface area contributed by atoms with Gasteiger partial charge in [0.15, 0.2) is 0 Å². The molecule has 1 unspecified atom stereocenters. The van der Waals surface area contributed by atoms with Gasteiger partial charge < -0.3 is 20.3 Å². The highest BCUT2D eigenvalue weighted by molar-refractivity contribution is 5.76. The van der Waals surface area contributed by atoms with E-state index in [1.54, 1.807) is 4.68 Å². The monoisotopic (exact) mass is 460 g/mol. The number of ether oxygens (including phenoxy) is 1. The summed E-state index contributed by atoms with van der Waals surface area (Å²) in [6, 6.07) is 12.5. The van der Waals surface area contributed by atoms with Crippen LogP contribution in [-0.4, -0.2) is 58.4 Å². The van der Waals surface area contributed by atoms with E-state index in [1.807, 2.05) is 43.7 Å². The summed E-state index contributed by atoms with van der Waals surface area (Å²) in [5.74, 6) is 1.41. The number of hydrogen-bond acceptors (Lipinski definition) is 6. The smallest absolute Gasteiger partial charge is 0.237 e. The van der Waals surface area contributed by atoms with Crippen molar-refractivity contribution in [3.05, 3.63) is 60.6 Å². The number of aryl methyl sites for hydroxylation is 1. The summed E-state index contributed by atoms with van der Waals surface area (Å²) >= 11 is 0. The van der Waals surface area contributed by atoms with Gasteiger partial charge in [0, 0.05) is 50.6 Å². The number of pyridine rings is 1. The van der Waals surface area contributed by atoms with Crippen LogP contribution in [-0.2, 0) is 11.8 Å². The quantitative estimate of drug-likeness (QED) is 0.563. The second-order valence-corrected chi connectivity index (χ2v) is 9.33. The van der Waals surface area contributed by atoms with Crippen LogP contribution in [0.15, 0.2) is 55.0 Å². The fraction of sp³-hybridized carbons (Fsp3) is 0.423. The molecular weight excluding hydrogens is 428 g/mol. The summed E-state index contributed by atoms with van der Waals surface area (Å²) in [6.07, 6.45) is 8.22. The lowest BCUT2D eigenvalue weighted by molar-refractivity contribution is -0.133. The number of anilines is 1. The number of nitrogens with zero attached hydrogens (tertiary/aromatic N) is 4. The molecule has 2 aliphatic rings. The van der Waals surface area contributed by atoms with Crippen molar-refractivity contribution in [1.82, 2.24) is 25.0 Å². The van der Waals surface area contributed by atoms with Gasteiger partial charge in [-0.1, -0.05) is 30.3 Å². The molecule has 0 aliphatic carbocycles. The summed E-state index contributed by atoms with van der Waals surface area (Å²) in [6.45, 7) is 2.39. The van der Waals surface area contributed by atoms with Crippen LogP contribution in [0.2, 0.25) is 0 Å². The Kier molecular flexibility index (Phi) is 6.49. The zero-order valence-corrected chi connectivity index (χ0v) is 19.8. The molecule has 34 heavy (non-hydrogen) atoms. The second-order valence-electron chi connectivity index (χ2n) is 9.33. The molecule has 0 bridgehead atoms. The molecule has 2 N–H and O–H groups in total. The topological polar surface area (TPSA) is 84.3 Å². The van der Waals surface area contributed by atoms with E-state index in [9.17, 15) is 4.79 Å². The molecule has 1 fully saturated rings. The van der Waals surface area contributed by atoms with Gasteiger partial charge in [-0.25, -0.2) is 4.98 Å². The summed E-state index contributed by atoms with van der Waals surface area (Å²) in [5.41, 5.74) is 4.13. The lowest BCUT2D eigenvalue weighted by Gasteiger charge is -2.34. The van der Waals surface area contributed by atoms with E-state index >= 15 is 0 Å². The molecule has 3 aromatic rings. The van der Waals surface area contributed by atoms with Gasteiger partial charge >= 0.3 is 0 Å². The highest BCUT2D eigenvalue weighted by atomic mass is 16.5. The predicted octanol–water partition coefficient (Wildman–Crippen LogP) is 3.24. The molecule has 0 spiro atoms. The summed E-state index contributed by atoms with van der Waals surface area (Å²) in [4.78, 5) is 18.3. The predicted molar refractivity (Wildman–Crippen MR) is 132 cm³/mol. The minimum atomic E-state index is -0.0951. The average molecular weight is 461 g/mol. The number of hydrogen-bond donors (Lipinski definition) is 2. The van der Waals surface area contributed by atoms with Gasteiger partial charge in [0.2, 0.25) is 11.8 Å². The van der Waals surface area contributed by atoms with E-state index in [-0.39, 0.29) is 18.1 Å². The lowest BCUT2D eigenvalue weighted by Crippen LogP contribution is -2.44. The average Bonchev–Trinajstić information content (AvgIpc) is 3.30. The molecular formula is C26H32N6O2. The van der Waals surface area contributed by atoms with Crippen molar-refractivity contribution in [2.75, 3.05) is 32.0 Å². The molecule has 178 valence electrons. The van der Waals surface area contributed by atoms with E-state index in [0.717, 1.165) is 42.7 Å². The SMILES string of the molecule is CN1CC(CCN[C@H](c2ccccc2)[C@@H]2CNc3cc(-c4cnn(C)c4)cnc3O2)CCC1=O. The normalized spacial score (nSPS) is 20.9. The first-order chi connectivity index (χ1) is 16.6. The zero-order valence-electron chi connectivity index (χ0n) is 19.8. The van der Waals surface area contributed by atoms with E-state index in [1.165, 1.54) is 5.56 Å². The number of carbonyl (C=O) groups excluding carboxylic acids is 1. The molecule has 2 aliphatic heterocycles. The first-order valence-electron chi connectivity index (χ1n) is 12.0. The van der Waals surface area contributed by atoms with Crippen LogP contribution < -0.4 is 15.4 Å². The van der Waals surface area contributed by atoms with Gasteiger partial charge in [-0.3, -0.25) is 9.48 Å². The molecule has 2 aromatic heterocycles. The number of piperidine rings is 1. The summed E-state index contributed by atoms with van der Waals surface area (Å²) in [7, 11) is 3.81. The number of aromatic nitrogens is 3. The highest BCUT2D eigenvalue weighted by Crippen LogP contribution is 2.34. The van der Waals surface area contributed by atoms with Gasteiger partial charge in [0.25, 0.3) is 0 Å². The largest absolute Gasteiger partial charge is 0.469 e. The van der Waals surface area contributed by atoms with E-state index < -0.39 is 0 Å². The van der Waals surface area contributed by atoms with E-state index in [2.05, 4.69) is 51.0 Å². The van der Waals surface area contributed by atoms with E-state index in [4.69, 9.17) is 4.74 Å². The molecule has 1 aromatic carbocycles. The summed E-state index contributed by atoms with van der Waals surface area (Å²) < 4.78 is 8.19. The molecule has 8 heteroatoms. The van der Waals surface area contributed by atoms with Crippen molar-refractivity contribution in [2.45, 2.75) is 31.4 Å². The third-order valence-electron chi connectivity index (χ3n) is 6.82. The number of benzene rings is 1. The highest BCUT2D eigenvalue weighted by Gasteiger charge is 2.30. The van der Waals surface area contributed by atoms with Crippen molar-refractivity contribution in [1.29, 1.82) is 0 Å². The Balaban J connectivity index is 1.27. The van der Waals surface area contributed by atoms with Gasteiger partial charge in [-0.05, 0) is 36.9 Å². The van der Waals surface area contributed by atoms with Gasteiger partial charge in [-0.15, -0.1) is 0 Å². The number of likely N-dealkylation sites (tertiary alicyclic amines) is 1. The minimum Gasteiger partial charge on any atom is -0.469 e. The Hall–Kier alpha value is -3.39. The standard InChI is InChI=1S/C26H32N6O2/c1-31-16-18(8-9-24(31)33)10-11-27-25(19-6-4-3-5-7-19)23-15-28-22-12-20(13-29-26(22)34-23)21-14-30-32(2)17-21/h3-7,12-14,17-18,23,25,27-28H,8-11,15-16H2,1-2H3/t18?,23-,25+/m0/s1. The van der Waals surface area contributed by atoms with Crippen molar-refractivity contribution >= 4 is 11.6 Å². The Morgan fingerprint density at radius 1 is 1.21 bits per heavy atom. The minimum absolute atomic E-state index is 0.0320. The molecule has 3 atom stereocenters. The van der Waals surface area contributed by atoms with Crippen molar-refractivity contribution in [3.63, 3.8) is 0 Å². The molecule has 5 rings (SSSR count). The molecule has 1 saturated heterocycles. The van der Waals surface area contributed by atoms with Crippen LogP contribution in [0.5, 0.6) is 5.88 Å². The maximum atomic E-state index is 11.8. The number of fused-ring (bicyclic) bond motifs is 1. The van der Waals surface area contributed by atoms with Gasteiger partial charge in [-0.2, -0.15) is 5.10 Å². The van der Waals surface area contributed by atoms with Crippen molar-refractivity contribution < 1.29 is 9.53 Å². The first kappa shape index (κ1) is 22.4. The number of amides is 1. The third-order valence-corrected chi connectivity index (χ3v) is 6.82. The van der Waals surface area contributed by atoms with Crippen molar-refractivity contribution in [3.8, 4) is 17.0 Å². The summed E-state index contributed by atoms with van der Waals surface area (Å²) in [5, 5.41) is 11.5. The maximum Gasteiger partial charge on any atom is 0.237 e. The molecule has 4 heterocycles. The first-order valence-corrected chi connectivity index (χ1v) is 12.0. The molecule has 0 radical (unpaired) electrons. The number of rotatable bonds is 7. The fourth-order valence-electron chi connectivity index (χ4n) is 4.88. The van der Waals surface area contributed by atoms with Crippen LogP contribution in [0.25, 0.3) is 11.1 Å². The molecule has 8 nitrogen and oxygen atoms in total. The Bertz CT molecular complexity index is 1130. The fourth-order valence-corrected chi connectivity index (χ4v) is 4.88. The van der Waals surface area contributed by atoms with Crippen LogP contribution in [0, 0.1) is 5.92 Å². The number of nitrogens with one attached hydrogen (secondary N) is 2. The van der Waals surface area contributed by atoms with Crippen LogP contribution in [0.4, 0.5) is 5.69 Å². The lowest BCUT2D eigenvalue weighted by atomic mass is 9.94. The maximum absolute atomic E-state index is 11.8. The third kappa shape index (κ3) is 4.92. The molecule has 1 amide bonds. The Labute approximate surface area is 200 Å². The Morgan fingerprint density at radius 2 is 2.06 bits per heavy atom.